The Bertz CT molecular complexity index is 1020. The van der Waals surface area contributed by atoms with E-state index in [4.69, 9.17) is 9.15 Å². The molecule has 0 unspecified atom stereocenters. The molecule has 0 N–H and O–H groups in total. The standard InChI is InChI=1S/C19H17N3O5S/c1-11-2-7-15-13(8-11)9-16(28-15)19(23)26-10-17-20-21-18(27-17)12-3-5-14(6-4-12)22(24)25/h3-6,9,11H,2,7-8,10H2,1H3/t11-/m1/s1. The van der Waals surface area contributed by atoms with Crippen LogP contribution in [0, 0.1) is 16.0 Å². The number of aryl methyl sites for hydroxylation is 1. The molecule has 9 heteroatoms. The zero-order valence-corrected chi connectivity index (χ0v) is 15.9. The molecule has 2 heterocycles. The van der Waals surface area contributed by atoms with E-state index in [0.717, 1.165) is 19.3 Å². The molecular formula is C19H17N3O5S. The summed E-state index contributed by atoms with van der Waals surface area (Å²) in [5.74, 6) is 0.613. The number of esters is 1. The van der Waals surface area contributed by atoms with Crippen molar-refractivity contribution in [1.82, 2.24) is 10.2 Å². The van der Waals surface area contributed by atoms with Gasteiger partial charge in [-0.15, -0.1) is 21.5 Å². The van der Waals surface area contributed by atoms with Gasteiger partial charge in [0.15, 0.2) is 6.61 Å². The van der Waals surface area contributed by atoms with E-state index >= 15 is 0 Å². The molecule has 0 amide bonds. The third kappa shape index (κ3) is 3.79. The van der Waals surface area contributed by atoms with Crippen LogP contribution in [0.25, 0.3) is 11.5 Å². The maximum atomic E-state index is 12.3. The fraction of sp³-hybridized carbons (Fsp3) is 0.316. The van der Waals surface area contributed by atoms with Gasteiger partial charge in [0.25, 0.3) is 11.6 Å². The highest BCUT2D eigenvalue weighted by molar-refractivity contribution is 7.14. The number of aromatic nitrogens is 2. The molecule has 0 saturated heterocycles. The van der Waals surface area contributed by atoms with Crippen LogP contribution in [0.4, 0.5) is 5.69 Å². The fourth-order valence-corrected chi connectivity index (χ4v) is 4.26. The van der Waals surface area contributed by atoms with Gasteiger partial charge in [0.2, 0.25) is 5.89 Å². The van der Waals surface area contributed by atoms with Crippen LogP contribution in [0.15, 0.2) is 34.7 Å². The number of hydrogen-bond donors (Lipinski definition) is 0. The summed E-state index contributed by atoms with van der Waals surface area (Å²) in [5.41, 5.74) is 1.77. The molecule has 1 aliphatic carbocycles. The molecule has 0 aliphatic heterocycles. The molecule has 0 spiro atoms. The van der Waals surface area contributed by atoms with Crippen molar-refractivity contribution in [2.24, 2.45) is 5.92 Å². The normalized spacial score (nSPS) is 15.8. The van der Waals surface area contributed by atoms with Gasteiger partial charge in [-0.2, -0.15) is 0 Å². The Morgan fingerprint density at radius 2 is 2.14 bits per heavy atom. The highest BCUT2D eigenvalue weighted by Crippen LogP contribution is 2.32. The van der Waals surface area contributed by atoms with E-state index in [1.54, 1.807) is 0 Å². The van der Waals surface area contributed by atoms with Gasteiger partial charge in [0, 0.05) is 22.6 Å². The van der Waals surface area contributed by atoms with E-state index < -0.39 is 10.9 Å². The lowest BCUT2D eigenvalue weighted by Crippen LogP contribution is -2.08. The first-order valence-corrected chi connectivity index (χ1v) is 9.67. The summed E-state index contributed by atoms with van der Waals surface area (Å²) in [6, 6.07) is 7.70. The van der Waals surface area contributed by atoms with E-state index in [-0.39, 0.29) is 24.1 Å². The Morgan fingerprint density at radius 3 is 2.89 bits per heavy atom. The molecule has 0 bridgehead atoms. The van der Waals surface area contributed by atoms with Gasteiger partial charge >= 0.3 is 5.97 Å². The highest BCUT2D eigenvalue weighted by atomic mass is 32.1. The topological polar surface area (TPSA) is 108 Å². The van der Waals surface area contributed by atoms with Gasteiger partial charge in [-0.1, -0.05) is 6.92 Å². The Morgan fingerprint density at radius 1 is 1.36 bits per heavy atom. The summed E-state index contributed by atoms with van der Waals surface area (Å²) in [6.07, 6.45) is 3.16. The molecule has 144 valence electrons. The minimum atomic E-state index is -0.481. The Labute approximate surface area is 164 Å². The van der Waals surface area contributed by atoms with Crippen molar-refractivity contribution in [1.29, 1.82) is 0 Å². The third-order valence-electron chi connectivity index (χ3n) is 4.65. The van der Waals surface area contributed by atoms with Crippen LogP contribution >= 0.6 is 11.3 Å². The van der Waals surface area contributed by atoms with E-state index in [9.17, 15) is 14.9 Å². The van der Waals surface area contributed by atoms with Crippen LogP contribution in [0.5, 0.6) is 0 Å². The van der Waals surface area contributed by atoms with Crippen molar-refractivity contribution in [3.8, 4) is 11.5 Å². The summed E-state index contributed by atoms with van der Waals surface area (Å²) in [5, 5.41) is 18.5. The first kappa shape index (κ1) is 18.3. The number of nitrogens with zero attached hydrogens (tertiary/aromatic N) is 3. The molecule has 3 aromatic rings. The molecule has 1 aliphatic rings. The molecule has 2 aromatic heterocycles. The number of nitro groups is 1. The third-order valence-corrected chi connectivity index (χ3v) is 5.87. The molecule has 1 aromatic carbocycles. The average molecular weight is 399 g/mol. The van der Waals surface area contributed by atoms with E-state index in [0.29, 0.717) is 16.4 Å². The summed E-state index contributed by atoms with van der Waals surface area (Å²) in [7, 11) is 0. The average Bonchev–Trinajstić information content (AvgIpc) is 3.33. The maximum Gasteiger partial charge on any atom is 0.348 e. The Hall–Kier alpha value is -3.07. The lowest BCUT2D eigenvalue weighted by atomic mass is 9.90. The highest BCUT2D eigenvalue weighted by Gasteiger charge is 2.22. The van der Waals surface area contributed by atoms with Crippen LogP contribution in [0.1, 0.15) is 39.3 Å². The Kier molecular flexibility index (Phi) is 4.91. The number of carbonyl (C=O) groups is 1. The minimum absolute atomic E-state index is 0.0227. The number of nitro benzene ring substituents is 1. The largest absolute Gasteiger partial charge is 0.451 e. The molecule has 0 saturated carbocycles. The van der Waals surface area contributed by atoms with Crippen molar-refractivity contribution in [2.45, 2.75) is 32.8 Å². The van der Waals surface area contributed by atoms with E-state index in [1.165, 1.54) is 46.0 Å². The van der Waals surface area contributed by atoms with E-state index in [1.807, 2.05) is 6.07 Å². The van der Waals surface area contributed by atoms with Gasteiger partial charge < -0.3 is 9.15 Å². The van der Waals surface area contributed by atoms with Gasteiger partial charge in [0.05, 0.1) is 4.92 Å². The molecule has 0 fully saturated rings. The van der Waals surface area contributed by atoms with Crippen LogP contribution in [0.3, 0.4) is 0 Å². The second-order valence-electron chi connectivity index (χ2n) is 6.79. The number of non-ortho nitro benzene ring substituents is 1. The summed E-state index contributed by atoms with van der Waals surface area (Å²) >= 11 is 1.49. The zero-order valence-electron chi connectivity index (χ0n) is 15.1. The number of hydrogen-bond acceptors (Lipinski definition) is 8. The summed E-state index contributed by atoms with van der Waals surface area (Å²) < 4.78 is 10.8. The van der Waals surface area contributed by atoms with Crippen LogP contribution in [0.2, 0.25) is 0 Å². The molecule has 4 rings (SSSR count). The molecule has 28 heavy (non-hydrogen) atoms. The summed E-state index contributed by atoms with van der Waals surface area (Å²) in [4.78, 5) is 24.4. The van der Waals surface area contributed by atoms with Crippen LogP contribution < -0.4 is 0 Å². The minimum Gasteiger partial charge on any atom is -0.451 e. The van der Waals surface area contributed by atoms with Crippen molar-refractivity contribution >= 4 is 23.0 Å². The predicted octanol–water partition coefficient (Wildman–Crippen LogP) is 4.19. The number of rotatable bonds is 5. The number of fused-ring (bicyclic) bond motifs is 1. The number of carbonyl (C=O) groups excluding carboxylic acids is 1. The SMILES string of the molecule is C[C@@H]1CCc2sc(C(=O)OCc3nnc(-c4ccc([N+](=O)[O-])cc4)o3)cc2C1. The summed E-state index contributed by atoms with van der Waals surface area (Å²) in [6.45, 7) is 2.09. The number of benzene rings is 1. The van der Waals surface area contributed by atoms with E-state index in [2.05, 4.69) is 17.1 Å². The van der Waals surface area contributed by atoms with Crippen molar-refractivity contribution in [3.05, 3.63) is 61.7 Å². The monoisotopic (exact) mass is 399 g/mol. The number of ether oxygens (including phenoxy) is 1. The zero-order chi connectivity index (χ0) is 19.7. The number of thiophene rings is 1. The quantitative estimate of drug-likeness (QED) is 0.359. The van der Waals surface area contributed by atoms with Gasteiger partial charge in [-0.25, -0.2) is 4.79 Å². The second kappa shape index (κ2) is 7.51. The van der Waals surface area contributed by atoms with Crippen molar-refractivity contribution in [2.75, 3.05) is 0 Å². The maximum absolute atomic E-state index is 12.3. The van der Waals surface area contributed by atoms with Gasteiger partial charge in [-0.05, 0) is 48.9 Å². The molecule has 1 atom stereocenters. The molecule has 0 radical (unpaired) electrons. The fourth-order valence-electron chi connectivity index (χ4n) is 3.16. The van der Waals surface area contributed by atoms with Crippen LogP contribution in [-0.4, -0.2) is 21.1 Å². The van der Waals surface area contributed by atoms with Crippen LogP contribution in [-0.2, 0) is 24.2 Å². The predicted molar refractivity (Wildman–Crippen MR) is 101 cm³/mol. The van der Waals surface area contributed by atoms with Gasteiger partial charge in [0.1, 0.15) is 4.88 Å². The van der Waals surface area contributed by atoms with Crippen molar-refractivity contribution in [3.63, 3.8) is 0 Å². The Balaban J connectivity index is 1.39. The second-order valence-corrected chi connectivity index (χ2v) is 7.92. The first-order chi connectivity index (χ1) is 13.5. The smallest absolute Gasteiger partial charge is 0.348 e. The first-order valence-electron chi connectivity index (χ1n) is 8.85. The molecular weight excluding hydrogens is 382 g/mol. The van der Waals surface area contributed by atoms with Crippen molar-refractivity contribution < 1.29 is 18.9 Å². The van der Waals surface area contributed by atoms with Gasteiger partial charge in [-0.3, -0.25) is 10.1 Å². The lowest BCUT2D eigenvalue weighted by Gasteiger charge is -2.16. The molecule has 8 nitrogen and oxygen atoms in total. The lowest BCUT2D eigenvalue weighted by molar-refractivity contribution is -0.384.